The van der Waals surface area contributed by atoms with Crippen molar-refractivity contribution in [3.8, 4) is 0 Å². The summed E-state index contributed by atoms with van der Waals surface area (Å²) in [5.41, 5.74) is 0.952. The van der Waals surface area contributed by atoms with Crippen molar-refractivity contribution in [3.05, 3.63) is 23.9 Å². The number of ether oxygens (including phenoxy) is 1. The van der Waals surface area contributed by atoms with Crippen LogP contribution >= 0.6 is 0 Å². The van der Waals surface area contributed by atoms with Crippen molar-refractivity contribution in [2.45, 2.75) is 19.9 Å². The third kappa shape index (κ3) is 2.79. The van der Waals surface area contributed by atoms with Crippen molar-refractivity contribution in [2.75, 3.05) is 31.1 Å². The number of hydrogen-bond donors (Lipinski definition) is 1. The minimum Gasteiger partial charge on any atom is -0.464 e. The van der Waals surface area contributed by atoms with Gasteiger partial charge >= 0.3 is 5.97 Å². The molecule has 1 aromatic rings. The predicted octanol–water partition coefficient (Wildman–Crippen LogP) is 0.731. The summed E-state index contributed by atoms with van der Waals surface area (Å²) in [5, 5.41) is 3.22. The number of hydrogen-bond acceptors (Lipinski definition) is 5. The molecule has 0 aromatic carbocycles. The van der Waals surface area contributed by atoms with E-state index in [1.165, 1.54) is 0 Å². The van der Waals surface area contributed by atoms with E-state index in [0.29, 0.717) is 13.2 Å². The fourth-order valence-electron chi connectivity index (χ4n) is 2.12. The van der Waals surface area contributed by atoms with Gasteiger partial charge in [0.1, 0.15) is 11.9 Å². The maximum Gasteiger partial charge on any atom is 0.330 e. The van der Waals surface area contributed by atoms with E-state index >= 15 is 0 Å². The van der Waals surface area contributed by atoms with Crippen molar-refractivity contribution in [2.24, 2.45) is 0 Å². The highest BCUT2D eigenvalue weighted by molar-refractivity contribution is 5.80. The Hall–Kier alpha value is -1.62. The number of carbonyl (C=O) groups is 1. The van der Waals surface area contributed by atoms with E-state index in [2.05, 4.69) is 10.3 Å². The first-order valence-corrected chi connectivity index (χ1v) is 6.30. The van der Waals surface area contributed by atoms with Gasteiger partial charge in [-0.25, -0.2) is 9.78 Å². The van der Waals surface area contributed by atoms with Gasteiger partial charge in [-0.2, -0.15) is 0 Å². The second kappa shape index (κ2) is 5.82. The number of nitrogens with one attached hydrogen (secondary N) is 1. The van der Waals surface area contributed by atoms with Crippen LogP contribution in [0.5, 0.6) is 0 Å². The van der Waals surface area contributed by atoms with Crippen LogP contribution in [0.3, 0.4) is 0 Å². The fraction of sp³-hybridized carbons (Fsp3) is 0.538. The van der Waals surface area contributed by atoms with Gasteiger partial charge < -0.3 is 15.0 Å². The Kier molecular flexibility index (Phi) is 4.15. The normalized spacial score (nSPS) is 19.7. The molecule has 1 aliphatic heterocycles. The van der Waals surface area contributed by atoms with Crippen LogP contribution in [0, 0.1) is 6.92 Å². The van der Waals surface area contributed by atoms with Crippen LogP contribution in [-0.4, -0.2) is 43.2 Å². The molecule has 1 unspecified atom stereocenters. The zero-order valence-corrected chi connectivity index (χ0v) is 10.8. The average Bonchev–Trinajstić information content (AvgIpc) is 2.39. The van der Waals surface area contributed by atoms with Crippen molar-refractivity contribution in [1.29, 1.82) is 0 Å². The zero-order valence-electron chi connectivity index (χ0n) is 10.8. The van der Waals surface area contributed by atoms with Gasteiger partial charge in [0, 0.05) is 25.3 Å². The van der Waals surface area contributed by atoms with Crippen LogP contribution in [0.1, 0.15) is 12.6 Å². The number of piperazine rings is 1. The standard InChI is InChI=1S/C13H19N3O2/c1-3-18-13(17)11-9-14-7-8-16(11)12-6-4-5-10(2)15-12/h4-6,11,14H,3,7-9H2,1-2H3. The van der Waals surface area contributed by atoms with Gasteiger partial charge in [0.25, 0.3) is 0 Å². The molecule has 0 bridgehead atoms. The molecule has 1 fully saturated rings. The maximum absolute atomic E-state index is 11.9. The number of anilines is 1. The molecule has 1 atom stereocenters. The summed E-state index contributed by atoms with van der Waals surface area (Å²) in [7, 11) is 0. The molecular formula is C13H19N3O2. The number of aryl methyl sites for hydroxylation is 1. The SMILES string of the molecule is CCOC(=O)C1CNCCN1c1cccc(C)n1. The first-order chi connectivity index (χ1) is 8.72. The summed E-state index contributed by atoms with van der Waals surface area (Å²) in [4.78, 5) is 18.4. The summed E-state index contributed by atoms with van der Waals surface area (Å²) < 4.78 is 5.11. The lowest BCUT2D eigenvalue weighted by Gasteiger charge is -2.35. The van der Waals surface area contributed by atoms with Gasteiger partial charge in [-0.05, 0) is 26.0 Å². The average molecular weight is 249 g/mol. The monoisotopic (exact) mass is 249 g/mol. The molecule has 5 heteroatoms. The van der Waals surface area contributed by atoms with Crippen molar-refractivity contribution in [3.63, 3.8) is 0 Å². The van der Waals surface area contributed by atoms with E-state index in [9.17, 15) is 4.79 Å². The third-order valence-electron chi connectivity index (χ3n) is 2.97. The molecule has 1 saturated heterocycles. The number of pyridine rings is 1. The third-order valence-corrected chi connectivity index (χ3v) is 2.97. The molecule has 1 aromatic heterocycles. The quantitative estimate of drug-likeness (QED) is 0.800. The van der Waals surface area contributed by atoms with Gasteiger partial charge in [-0.15, -0.1) is 0 Å². The molecule has 2 heterocycles. The van der Waals surface area contributed by atoms with Gasteiger partial charge in [0.15, 0.2) is 0 Å². The summed E-state index contributed by atoms with van der Waals surface area (Å²) in [6.45, 7) is 6.40. The minimum absolute atomic E-state index is 0.187. The molecular weight excluding hydrogens is 230 g/mol. The summed E-state index contributed by atoms with van der Waals surface area (Å²) >= 11 is 0. The maximum atomic E-state index is 11.9. The van der Waals surface area contributed by atoms with Crippen molar-refractivity contribution < 1.29 is 9.53 Å². The highest BCUT2D eigenvalue weighted by Gasteiger charge is 2.30. The Morgan fingerprint density at radius 1 is 1.61 bits per heavy atom. The summed E-state index contributed by atoms with van der Waals surface area (Å²) in [5.74, 6) is 0.655. The van der Waals surface area contributed by atoms with Gasteiger partial charge in [0.2, 0.25) is 0 Å². The Balaban J connectivity index is 2.20. The van der Waals surface area contributed by atoms with E-state index in [4.69, 9.17) is 4.74 Å². The van der Waals surface area contributed by atoms with Gasteiger partial charge in [-0.1, -0.05) is 6.07 Å². The van der Waals surface area contributed by atoms with Crippen molar-refractivity contribution >= 4 is 11.8 Å². The Labute approximate surface area is 107 Å². The second-order valence-electron chi connectivity index (χ2n) is 4.30. The molecule has 0 amide bonds. The molecule has 1 aliphatic rings. The molecule has 0 radical (unpaired) electrons. The summed E-state index contributed by atoms with van der Waals surface area (Å²) in [6.07, 6.45) is 0. The van der Waals surface area contributed by atoms with Crippen molar-refractivity contribution in [1.82, 2.24) is 10.3 Å². The lowest BCUT2D eigenvalue weighted by molar-refractivity contribution is -0.144. The highest BCUT2D eigenvalue weighted by Crippen LogP contribution is 2.17. The number of esters is 1. The number of carbonyl (C=O) groups excluding carboxylic acids is 1. The lowest BCUT2D eigenvalue weighted by Crippen LogP contribution is -2.56. The van der Waals surface area contributed by atoms with Gasteiger partial charge in [0.05, 0.1) is 6.61 Å². The van der Waals surface area contributed by atoms with E-state index in [1.54, 1.807) is 0 Å². The number of rotatable bonds is 3. The second-order valence-corrected chi connectivity index (χ2v) is 4.30. The Morgan fingerprint density at radius 3 is 3.17 bits per heavy atom. The smallest absolute Gasteiger partial charge is 0.330 e. The fourth-order valence-corrected chi connectivity index (χ4v) is 2.12. The molecule has 1 N–H and O–H groups in total. The molecule has 0 spiro atoms. The first-order valence-electron chi connectivity index (χ1n) is 6.30. The molecule has 98 valence electrons. The largest absolute Gasteiger partial charge is 0.464 e. The summed E-state index contributed by atoms with van der Waals surface area (Å²) in [6, 6.07) is 5.56. The molecule has 5 nitrogen and oxygen atoms in total. The highest BCUT2D eigenvalue weighted by atomic mass is 16.5. The Bertz CT molecular complexity index is 422. The zero-order chi connectivity index (χ0) is 13.0. The van der Waals surface area contributed by atoms with Crippen LogP contribution < -0.4 is 10.2 Å². The van der Waals surface area contributed by atoms with Crippen LogP contribution in [0.2, 0.25) is 0 Å². The van der Waals surface area contributed by atoms with E-state index in [1.807, 2.05) is 36.9 Å². The topological polar surface area (TPSA) is 54.5 Å². The predicted molar refractivity (Wildman–Crippen MR) is 69.6 cm³/mol. The van der Waals surface area contributed by atoms with E-state index in [-0.39, 0.29) is 12.0 Å². The van der Waals surface area contributed by atoms with Crippen LogP contribution in [0.25, 0.3) is 0 Å². The lowest BCUT2D eigenvalue weighted by atomic mass is 10.2. The number of aromatic nitrogens is 1. The van der Waals surface area contributed by atoms with E-state index < -0.39 is 0 Å². The first kappa shape index (κ1) is 12.8. The van der Waals surface area contributed by atoms with Crippen LogP contribution in [0.15, 0.2) is 18.2 Å². The number of nitrogens with zero attached hydrogens (tertiary/aromatic N) is 2. The molecule has 2 rings (SSSR count). The molecule has 0 saturated carbocycles. The van der Waals surface area contributed by atoms with E-state index in [0.717, 1.165) is 24.6 Å². The Morgan fingerprint density at radius 2 is 2.44 bits per heavy atom. The molecule has 0 aliphatic carbocycles. The van der Waals surface area contributed by atoms with Crippen LogP contribution in [0.4, 0.5) is 5.82 Å². The van der Waals surface area contributed by atoms with Crippen LogP contribution in [-0.2, 0) is 9.53 Å². The minimum atomic E-state index is -0.284. The molecule has 18 heavy (non-hydrogen) atoms. The van der Waals surface area contributed by atoms with Gasteiger partial charge in [-0.3, -0.25) is 0 Å².